The lowest BCUT2D eigenvalue weighted by Gasteiger charge is -2.32. The van der Waals surface area contributed by atoms with E-state index in [1.54, 1.807) is 26.0 Å². The molecule has 6 heteroatoms. The molecule has 0 fully saturated rings. The largest absolute Gasteiger partial charge is 0.490 e. The minimum atomic E-state index is -0.692. The molecule has 0 aliphatic carbocycles. The lowest BCUT2D eigenvalue weighted by atomic mass is 9.75. The van der Waals surface area contributed by atoms with Gasteiger partial charge in [-0.2, -0.15) is 0 Å². The van der Waals surface area contributed by atoms with Gasteiger partial charge < -0.3 is 18.9 Å². The van der Waals surface area contributed by atoms with Crippen LogP contribution >= 0.6 is 0 Å². The van der Waals surface area contributed by atoms with E-state index in [1.165, 1.54) is 0 Å². The van der Waals surface area contributed by atoms with E-state index >= 15 is 0 Å². The van der Waals surface area contributed by atoms with Gasteiger partial charge in [0.2, 0.25) is 0 Å². The Morgan fingerprint density at radius 2 is 0.919 bits per heavy atom. The van der Waals surface area contributed by atoms with Gasteiger partial charge in [0.05, 0.1) is 37.6 Å². The van der Waals surface area contributed by atoms with Gasteiger partial charge in [-0.05, 0) is 64.8 Å². The summed E-state index contributed by atoms with van der Waals surface area (Å²) in [6.45, 7) is 24.0. The van der Waals surface area contributed by atoms with Crippen LogP contribution in [-0.2, 0) is 5.41 Å². The minimum absolute atomic E-state index is 0.204. The number of benzene rings is 2. The van der Waals surface area contributed by atoms with Crippen LogP contribution in [0.2, 0.25) is 0 Å². The Balaban J connectivity index is 2.93. The fraction of sp³-hybridized carbons (Fsp3) is 0.419. The van der Waals surface area contributed by atoms with Crippen molar-refractivity contribution < 1.29 is 28.5 Å². The summed E-state index contributed by atoms with van der Waals surface area (Å²) in [7, 11) is 0. The summed E-state index contributed by atoms with van der Waals surface area (Å²) in [5.74, 6) is 1.35. The highest BCUT2D eigenvalue weighted by molar-refractivity contribution is 6.11. The van der Waals surface area contributed by atoms with Crippen molar-refractivity contribution in [1.82, 2.24) is 0 Å². The molecule has 2 aromatic rings. The fourth-order valence-electron chi connectivity index (χ4n) is 4.22. The van der Waals surface area contributed by atoms with Gasteiger partial charge in [0.15, 0.2) is 34.6 Å². The maximum Gasteiger partial charge on any atom is 0.192 e. The molecule has 0 aliphatic heterocycles. The number of allylic oxidation sites excluding steroid dienone is 2. The molecule has 2 aromatic carbocycles. The third-order valence-corrected chi connectivity index (χ3v) is 5.99. The number of hydrogen-bond donors (Lipinski definition) is 0. The van der Waals surface area contributed by atoms with Crippen LogP contribution in [0, 0.1) is 0 Å². The maximum atomic E-state index is 12.9. The molecule has 0 saturated carbocycles. The molecule has 0 N–H and O–H groups in total. The number of Topliss-reactive ketones (excluding diaryl/α,β-unsaturated/α-hetero) is 2. The smallest absolute Gasteiger partial charge is 0.192 e. The SMILES string of the molecule is C=C(C)C(=O)c1ccc(C(C)(C)c2ccc(C(=O)C(=C)C)c(OCC)c2OCC)c(OCC)c1OCC. The van der Waals surface area contributed by atoms with Crippen LogP contribution in [0.25, 0.3) is 0 Å². The summed E-state index contributed by atoms with van der Waals surface area (Å²) >= 11 is 0. The second-order valence-corrected chi connectivity index (χ2v) is 9.21. The summed E-state index contributed by atoms with van der Waals surface area (Å²) < 4.78 is 24.2. The third kappa shape index (κ3) is 6.07. The molecule has 0 saturated heterocycles. The molecule has 0 amide bonds. The second-order valence-electron chi connectivity index (χ2n) is 9.21. The molecule has 0 atom stereocenters. The topological polar surface area (TPSA) is 71.1 Å². The lowest BCUT2D eigenvalue weighted by molar-refractivity contribution is 0.102. The summed E-state index contributed by atoms with van der Waals surface area (Å²) in [6.07, 6.45) is 0. The Morgan fingerprint density at radius 1 is 0.622 bits per heavy atom. The van der Waals surface area contributed by atoms with Gasteiger partial charge in [-0.3, -0.25) is 9.59 Å². The number of carbonyl (C=O) groups excluding carboxylic acids is 2. The van der Waals surface area contributed by atoms with Crippen molar-refractivity contribution in [2.24, 2.45) is 0 Å². The van der Waals surface area contributed by atoms with E-state index in [0.29, 0.717) is 71.7 Å². The molecular formula is C31H40O6. The number of rotatable bonds is 14. The first-order valence-electron chi connectivity index (χ1n) is 12.7. The van der Waals surface area contributed by atoms with Crippen molar-refractivity contribution in [1.29, 1.82) is 0 Å². The molecule has 2 rings (SSSR count). The Morgan fingerprint density at radius 3 is 1.19 bits per heavy atom. The molecule has 0 aromatic heterocycles. The van der Waals surface area contributed by atoms with E-state index in [9.17, 15) is 9.59 Å². The van der Waals surface area contributed by atoms with E-state index in [0.717, 1.165) is 11.1 Å². The normalized spacial score (nSPS) is 11.0. The Bertz CT molecular complexity index is 1100. The van der Waals surface area contributed by atoms with Gasteiger partial charge in [0, 0.05) is 16.5 Å². The van der Waals surface area contributed by atoms with Crippen LogP contribution in [0.15, 0.2) is 48.6 Å². The number of carbonyl (C=O) groups is 2. The van der Waals surface area contributed by atoms with Crippen LogP contribution in [-0.4, -0.2) is 38.0 Å². The van der Waals surface area contributed by atoms with Crippen molar-refractivity contribution in [2.45, 2.75) is 60.8 Å². The standard InChI is InChI=1S/C31H40O6/c1-11-34-27-21(25(32)19(5)6)15-17-23(29(27)36-13-3)31(9,10)24-18-16-22(26(33)20(7)8)28(35-12-2)30(24)37-14-4/h15-18H,5,7,11-14H2,1-4,6,8-10H3. The van der Waals surface area contributed by atoms with E-state index < -0.39 is 5.41 Å². The van der Waals surface area contributed by atoms with Crippen LogP contribution in [0.3, 0.4) is 0 Å². The summed E-state index contributed by atoms with van der Waals surface area (Å²) in [5, 5.41) is 0. The molecule has 0 unspecified atom stereocenters. The first kappa shape index (κ1) is 29.7. The summed E-state index contributed by atoms with van der Waals surface area (Å²) in [5.41, 5.74) is 2.54. The van der Waals surface area contributed by atoms with E-state index in [1.807, 2.05) is 53.7 Å². The molecular weight excluding hydrogens is 468 g/mol. The molecule has 0 heterocycles. The molecule has 0 bridgehead atoms. The zero-order chi connectivity index (χ0) is 27.9. The van der Waals surface area contributed by atoms with Crippen molar-refractivity contribution in [3.05, 3.63) is 70.8 Å². The molecule has 0 spiro atoms. The zero-order valence-electron chi connectivity index (χ0n) is 23.5. The van der Waals surface area contributed by atoms with Gasteiger partial charge in [0.25, 0.3) is 0 Å². The average molecular weight is 509 g/mol. The lowest BCUT2D eigenvalue weighted by Crippen LogP contribution is -2.23. The van der Waals surface area contributed by atoms with Crippen molar-refractivity contribution in [3.63, 3.8) is 0 Å². The number of ether oxygens (including phenoxy) is 4. The van der Waals surface area contributed by atoms with Gasteiger partial charge >= 0.3 is 0 Å². The van der Waals surface area contributed by atoms with Gasteiger partial charge in [0.1, 0.15) is 0 Å². The van der Waals surface area contributed by atoms with Gasteiger partial charge in [-0.1, -0.05) is 39.1 Å². The van der Waals surface area contributed by atoms with Gasteiger partial charge in [-0.25, -0.2) is 0 Å². The number of hydrogen-bond acceptors (Lipinski definition) is 6. The second kappa shape index (κ2) is 12.6. The first-order chi connectivity index (χ1) is 17.5. The molecule has 6 nitrogen and oxygen atoms in total. The quantitative estimate of drug-likeness (QED) is 0.200. The van der Waals surface area contributed by atoms with E-state index in [2.05, 4.69) is 13.2 Å². The monoisotopic (exact) mass is 508 g/mol. The molecule has 0 aliphatic rings. The van der Waals surface area contributed by atoms with Crippen LogP contribution in [0.5, 0.6) is 23.0 Å². The van der Waals surface area contributed by atoms with Crippen LogP contribution in [0.1, 0.15) is 87.2 Å². The maximum absolute atomic E-state index is 12.9. The van der Waals surface area contributed by atoms with Gasteiger partial charge in [-0.15, -0.1) is 0 Å². The average Bonchev–Trinajstić information content (AvgIpc) is 2.85. The minimum Gasteiger partial charge on any atom is -0.490 e. The highest BCUT2D eigenvalue weighted by atomic mass is 16.5. The summed E-state index contributed by atoms with van der Waals surface area (Å²) in [6, 6.07) is 7.27. The highest BCUT2D eigenvalue weighted by Crippen LogP contribution is 2.49. The van der Waals surface area contributed by atoms with Crippen molar-refractivity contribution >= 4 is 11.6 Å². The van der Waals surface area contributed by atoms with Crippen LogP contribution < -0.4 is 18.9 Å². The molecule has 200 valence electrons. The molecule has 0 radical (unpaired) electrons. The first-order valence-corrected chi connectivity index (χ1v) is 12.7. The Hall–Kier alpha value is -3.54. The fourth-order valence-corrected chi connectivity index (χ4v) is 4.22. The zero-order valence-corrected chi connectivity index (χ0v) is 23.5. The van der Waals surface area contributed by atoms with Crippen LogP contribution in [0.4, 0.5) is 0 Å². The Kier molecular flexibility index (Phi) is 10.1. The third-order valence-electron chi connectivity index (χ3n) is 5.99. The number of ketones is 2. The Labute approximate surface area is 221 Å². The predicted molar refractivity (Wildman–Crippen MR) is 148 cm³/mol. The molecule has 37 heavy (non-hydrogen) atoms. The van der Waals surface area contributed by atoms with Crippen molar-refractivity contribution in [3.8, 4) is 23.0 Å². The predicted octanol–water partition coefficient (Wildman–Crippen LogP) is 7.12. The highest BCUT2D eigenvalue weighted by Gasteiger charge is 2.35. The van der Waals surface area contributed by atoms with E-state index in [4.69, 9.17) is 18.9 Å². The van der Waals surface area contributed by atoms with E-state index in [-0.39, 0.29) is 11.6 Å². The summed E-state index contributed by atoms with van der Waals surface area (Å²) in [4.78, 5) is 25.9. The van der Waals surface area contributed by atoms with Crippen molar-refractivity contribution in [2.75, 3.05) is 26.4 Å².